The molecule has 150 valence electrons. The van der Waals surface area contributed by atoms with E-state index in [1.54, 1.807) is 24.2 Å². The van der Waals surface area contributed by atoms with E-state index in [0.717, 1.165) is 16.9 Å². The summed E-state index contributed by atoms with van der Waals surface area (Å²) in [5, 5.41) is 8.00. The Morgan fingerprint density at radius 2 is 2.00 bits per heavy atom. The van der Waals surface area contributed by atoms with Crippen LogP contribution in [0.5, 0.6) is 5.75 Å². The molecule has 0 saturated carbocycles. The molecular weight excluding hydrogens is 374 g/mol. The topological polar surface area (TPSA) is 93.7 Å². The Kier molecular flexibility index (Phi) is 5.03. The van der Waals surface area contributed by atoms with Crippen molar-refractivity contribution in [2.75, 3.05) is 25.1 Å². The van der Waals surface area contributed by atoms with Crippen molar-refractivity contribution >= 4 is 17.6 Å². The van der Waals surface area contributed by atoms with Gasteiger partial charge in [0.05, 0.1) is 31.7 Å². The molecular formula is C20H21N5O4. The normalized spacial score (nSPS) is 14.1. The highest BCUT2D eigenvalue weighted by atomic mass is 16.5. The van der Waals surface area contributed by atoms with Gasteiger partial charge in [-0.1, -0.05) is 23.4 Å². The average Bonchev–Trinajstić information content (AvgIpc) is 3.41. The Labute approximate surface area is 167 Å². The van der Waals surface area contributed by atoms with Crippen molar-refractivity contribution in [1.82, 2.24) is 19.8 Å². The summed E-state index contributed by atoms with van der Waals surface area (Å²) in [4.78, 5) is 28.0. The van der Waals surface area contributed by atoms with Crippen LogP contribution in [0, 0.1) is 6.92 Å². The maximum Gasteiger partial charge on any atom is 0.331 e. The van der Waals surface area contributed by atoms with Crippen molar-refractivity contribution in [3.05, 3.63) is 59.7 Å². The Morgan fingerprint density at radius 1 is 1.17 bits per heavy atom. The van der Waals surface area contributed by atoms with Crippen molar-refractivity contribution in [3.8, 4) is 5.75 Å². The number of imide groups is 1. The smallest absolute Gasteiger partial charge is 0.331 e. The zero-order valence-corrected chi connectivity index (χ0v) is 16.2. The number of methoxy groups -OCH3 is 1. The van der Waals surface area contributed by atoms with Gasteiger partial charge in [-0.25, -0.2) is 9.69 Å². The van der Waals surface area contributed by atoms with Crippen LogP contribution in [0.2, 0.25) is 0 Å². The molecule has 1 aliphatic heterocycles. The van der Waals surface area contributed by atoms with Crippen LogP contribution in [0.3, 0.4) is 0 Å². The average molecular weight is 395 g/mol. The first kappa shape index (κ1) is 18.7. The lowest BCUT2D eigenvalue weighted by Crippen LogP contribution is -2.33. The van der Waals surface area contributed by atoms with Gasteiger partial charge in [-0.2, -0.15) is 5.10 Å². The number of rotatable bonds is 7. The number of benzene rings is 1. The largest absolute Gasteiger partial charge is 0.496 e. The van der Waals surface area contributed by atoms with Gasteiger partial charge < -0.3 is 14.2 Å². The minimum Gasteiger partial charge on any atom is -0.496 e. The number of carbonyl (C=O) groups excluding carboxylic acids is 2. The van der Waals surface area contributed by atoms with E-state index in [2.05, 4.69) is 10.3 Å². The maximum absolute atomic E-state index is 12.8. The lowest BCUT2D eigenvalue weighted by molar-refractivity contribution is -0.116. The summed E-state index contributed by atoms with van der Waals surface area (Å²) < 4.78 is 12.0. The monoisotopic (exact) mass is 395 g/mol. The number of aryl methyl sites for hydroxylation is 1. The summed E-state index contributed by atoms with van der Waals surface area (Å²) in [6.45, 7) is 2.74. The predicted octanol–water partition coefficient (Wildman–Crippen LogP) is 2.25. The minimum absolute atomic E-state index is 0.0456. The fraction of sp³-hybridized carbons (Fsp3) is 0.300. The van der Waals surface area contributed by atoms with E-state index in [9.17, 15) is 9.59 Å². The molecule has 0 radical (unpaired) electrons. The maximum atomic E-state index is 12.8. The van der Waals surface area contributed by atoms with Gasteiger partial charge in [0.25, 0.3) is 5.91 Å². The number of amides is 3. The standard InChI is InChI=1S/C20H21N5O4/c1-14-16(9-22-29-14)11-24-12-17(10-21-24)25-19(26)13-23(20(25)27)8-7-15-5-3-4-6-18(15)28-2/h3-6,9-10,12H,7-8,11,13H2,1-2H3. The third kappa shape index (κ3) is 3.71. The zero-order valence-electron chi connectivity index (χ0n) is 16.2. The van der Waals surface area contributed by atoms with Crippen molar-refractivity contribution in [2.24, 2.45) is 0 Å². The van der Waals surface area contributed by atoms with Crippen LogP contribution < -0.4 is 9.64 Å². The first-order valence-corrected chi connectivity index (χ1v) is 9.23. The molecule has 3 amide bonds. The number of aromatic nitrogens is 3. The summed E-state index contributed by atoms with van der Waals surface area (Å²) in [5.74, 6) is 1.21. The van der Waals surface area contributed by atoms with Gasteiger partial charge in [0.1, 0.15) is 18.1 Å². The van der Waals surface area contributed by atoms with E-state index >= 15 is 0 Å². The van der Waals surface area contributed by atoms with Crippen LogP contribution in [0.25, 0.3) is 0 Å². The minimum atomic E-state index is -0.342. The second-order valence-electron chi connectivity index (χ2n) is 6.80. The molecule has 9 heteroatoms. The lowest BCUT2D eigenvalue weighted by atomic mass is 10.1. The molecule has 0 bridgehead atoms. The summed E-state index contributed by atoms with van der Waals surface area (Å²) in [6.07, 6.45) is 5.42. The Morgan fingerprint density at radius 3 is 2.76 bits per heavy atom. The Hall–Kier alpha value is -3.62. The van der Waals surface area contributed by atoms with E-state index in [-0.39, 0.29) is 18.5 Å². The summed E-state index contributed by atoms with van der Waals surface area (Å²) >= 11 is 0. The predicted molar refractivity (Wildman–Crippen MR) is 104 cm³/mol. The zero-order chi connectivity index (χ0) is 20.4. The van der Waals surface area contributed by atoms with Crippen LogP contribution in [0.15, 0.2) is 47.4 Å². The molecule has 0 unspecified atom stereocenters. The molecule has 3 aromatic rings. The SMILES string of the molecule is COc1ccccc1CCN1CC(=O)N(c2cnn(Cc3cnoc3C)c2)C1=O. The number of hydrogen-bond donors (Lipinski definition) is 0. The van der Waals surface area contributed by atoms with E-state index in [4.69, 9.17) is 9.26 Å². The van der Waals surface area contributed by atoms with Crippen molar-refractivity contribution in [2.45, 2.75) is 19.9 Å². The summed E-state index contributed by atoms with van der Waals surface area (Å²) in [5.41, 5.74) is 2.33. The molecule has 1 aliphatic rings. The number of nitrogens with zero attached hydrogens (tertiary/aromatic N) is 5. The molecule has 0 spiro atoms. The van der Waals surface area contributed by atoms with E-state index in [1.165, 1.54) is 16.0 Å². The molecule has 0 atom stereocenters. The molecule has 0 aliphatic carbocycles. The third-order valence-corrected chi connectivity index (χ3v) is 4.94. The van der Waals surface area contributed by atoms with Crippen molar-refractivity contribution in [1.29, 1.82) is 0 Å². The van der Waals surface area contributed by atoms with Gasteiger partial charge >= 0.3 is 6.03 Å². The number of para-hydroxylation sites is 1. The molecule has 0 N–H and O–H groups in total. The van der Waals surface area contributed by atoms with Crippen molar-refractivity contribution < 1.29 is 18.8 Å². The van der Waals surface area contributed by atoms with Crippen LogP contribution in [-0.4, -0.2) is 52.0 Å². The third-order valence-electron chi connectivity index (χ3n) is 4.94. The second-order valence-corrected chi connectivity index (χ2v) is 6.80. The highest BCUT2D eigenvalue weighted by molar-refractivity contribution is 6.19. The van der Waals surface area contributed by atoms with Crippen LogP contribution >= 0.6 is 0 Å². The molecule has 9 nitrogen and oxygen atoms in total. The number of ether oxygens (including phenoxy) is 1. The summed E-state index contributed by atoms with van der Waals surface area (Å²) in [7, 11) is 1.61. The van der Waals surface area contributed by atoms with Gasteiger partial charge in [-0.3, -0.25) is 9.48 Å². The molecule has 4 rings (SSSR count). The van der Waals surface area contributed by atoms with Crippen molar-refractivity contribution in [3.63, 3.8) is 0 Å². The first-order valence-electron chi connectivity index (χ1n) is 9.23. The van der Waals surface area contributed by atoms with Gasteiger partial charge in [-0.15, -0.1) is 0 Å². The van der Waals surface area contributed by atoms with Gasteiger partial charge in [-0.05, 0) is 25.0 Å². The lowest BCUT2D eigenvalue weighted by Gasteiger charge is -2.16. The van der Waals surface area contributed by atoms with Gasteiger partial charge in [0.15, 0.2) is 0 Å². The van der Waals surface area contributed by atoms with Crippen LogP contribution in [0.4, 0.5) is 10.5 Å². The summed E-state index contributed by atoms with van der Waals surface area (Å²) in [6, 6.07) is 7.31. The highest BCUT2D eigenvalue weighted by Gasteiger charge is 2.37. The van der Waals surface area contributed by atoms with Crippen LogP contribution in [-0.2, 0) is 17.8 Å². The molecule has 1 aromatic carbocycles. The Balaban J connectivity index is 1.44. The number of urea groups is 1. The molecule has 1 fully saturated rings. The molecule has 2 aromatic heterocycles. The van der Waals surface area contributed by atoms with E-state index in [1.807, 2.05) is 31.2 Å². The fourth-order valence-electron chi connectivity index (χ4n) is 3.34. The van der Waals surface area contributed by atoms with Crippen LogP contribution in [0.1, 0.15) is 16.9 Å². The first-order chi connectivity index (χ1) is 14.1. The molecule has 3 heterocycles. The second kappa shape index (κ2) is 7.78. The number of carbonyl (C=O) groups is 2. The number of hydrogen-bond acceptors (Lipinski definition) is 6. The van der Waals surface area contributed by atoms with E-state index in [0.29, 0.717) is 31.0 Å². The molecule has 1 saturated heterocycles. The highest BCUT2D eigenvalue weighted by Crippen LogP contribution is 2.23. The number of anilines is 1. The van der Waals surface area contributed by atoms with Gasteiger partial charge in [0.2, 0.25) is 0 Å². The quantitative estimate of drug-likeness (QED) is 0.570. The molecule has 29 heavy (non-hydrogen) atoms. The van der Waals surface area contributed by atoms with Gasteiger partial charge in [0, 0.05) is 18.3 Å². The fourth-order valence-corrected chi connectivity index (χ4v) is 3.34. The Bertz CT molecular complexity index is 1040. The van der Waals surface area contributed by atoms with E-state index < -0.39 is 0 Å².